The highest BCUT2D eigenvalue weighted by molar-refractivity contribution is 6.30. The van der Waals surface area contributed by atoms with Gasteiger partial charge in [-0.3, -0.25) is 4.79 Å². The van der Waals surface area contributed by atoms with Crippen molar-refractivity contribution in [3.05, 3.63) is 81.6 Å². The Hall–Kier alpha value is -2.77. The van der Waals surface area contributed by atoms with Gasteiger partial charge >= 0.3 is 0 Å². The SMILES string of the molecule is CC(C(=O)NCc1cc(C(C)(C)C)nn1-c1ccc(F)c(Cl)c1)c1ccc(CO)c(F)c1. The summed E-state index contributed by atoms with van der Waals surface area (Å²) < 4.78 is 29.3. The van der Waals surface area contributed by atoms with Crippen molar-refractivity contribution in [3.63, 3.8) is 0 Å². The van der Waals surface area contributed by atoms with Crippen LogP contribution in [0.1, 0.15) is 56.1 Å². The third kappa shape index (κ3) is 5.16. The first kappa shape index (κ1) is 23.9. The van der Waals surface area contributed by atoms with Crippen molar-refractivity contribution < 1.29 is 18.7 Å². The maximum Gasteiger partial charge on any atom is 0.227 e. The molecule has 0 radical (unpaired) electrons. The van der Waals surface area contributed by atoms with Gasteiger partial charge in [0, 0.05) is 11.0 Å². The van der Waals surface area contributed by atoms with Gasteiger partial charge in [-0.2, -0.15) is 5.10 Å². The van der Waals surface area contributed by atoms with Gasteiger partial charge in [0.25, 0.3) is 0 Å². The number of aliphatic hydroxyl groups excluding tert-OH is 1. The molecule has 1 aromatic heterocycles. The molecule has 1 atom stereocenters. The van der Waals surface area contributed by atoms with E-state index in [1.807, 2.05) is 26.8 Å². The minimum absolute atomic E-state index is 0.0210. The zero-order chi connectivity index (χ0) is 23.6. The van der Waals surface area contributed by atoms with E-state index < -0.39 is 24.2 Å². The Labute approximate surface area is 191 Å². The van der Waals surface area contributed by atoms with E-state index in [-0.39, 0.29) is 28.5 Å². The van der Waals surface area contributed by atoms with Crippen LogP contribution in [0.15, 0.2) is 42.5 Å². The van der Waals surface area contributed by atoms with E-state index in [9.17, 15) is 13.6 Å². The lowest BCUT2D eigenvalue weighted by molar-refractivity contribution is -0.122. The monoisotopic (exact) mass is 461 g/mol. The predicted molar refractivity (Wildman–Crippen MR) is 120 cm³/mol. The van der Waals surface area contributed by atoms with E-state index in [1.54, 1.807) is 23.7 Å². The van der Waals surface area contributed by atoms with Crippen LogP contribution in [0.2, 0.25) is 5.02 Å². The number of aliphatic hydroxyl groups is 1. The summed E-state index contributed by atoms with van der Waals surface area (Å²) in [6.07, 6.45) is 0. The van der Waals surface area contributed by atoms with E-state index in [4.69, 9.17) is 16.7 Å². The Balaban J connectivity index is 1.84. The Morgan fingerprint density at radius 1 is 1.16 bits per heavy atom. The highest BCUT2D eigenvalue weighted by Gasteiger charge is 2.22. The second-order valence-electron chi connectivity index (χ2n) is 8.73. The Bertz CT molecular complexity index is 1140. The van der Waals surface area contributed by atoms with Crippen LogP contribution < -0.4 is 5.32 Å². The molecule has 0 saturated carbocycles. The molecule has 1 heterocycles. The lowest BCUT2D eigenvalue weighted by Crippen LogP contribution is -2.28. The van der Waals surface area contributed by atoms with Crippen molar-refractivity contribution in [2.45, 2.75) is 52.2 Å². The molecule has 3 aromatic rings. The molecule has 8 heteroatoms. The van der Waals surface area contributed by atoms with Gasteiger partial charge in [0.2, 0.25) is 5.91 Å². The third-order valence-corrected chi connectivity index (χ3v) is 5.57. The van der Waals surface area contributed by atoms with E-state index in [2.05, 4.69) is 10.4 Å². The summed E-state index contributed by atoms with van der Waals surface area (Å²) in [5.74, 6) is -1.97. The van der Waals surface area contributed by atoms with Gasteiger partial charge in [-0.1, -0.05) is 44.5 Å². The second-order valence-corrected chi connectivity index (χ2v) is 9.14. The Kier molecular flexibility index (Phi) is 7.00. The Morgan fingerprint density at radius 2 is 1.88 bits per heavy atom. The standard InChI is InChI=1S/C24H26ClF2N3O2/c1-14(15-5-6-16(13-31)21(27)9-15)23(32)28-12-18-11-22(24(2,3)4)29-30(18)17-7-8-20(26)19(25)10-17/h5-11,14,31H,12-13H2,1-4H3,(H,28,32). The van der Waals surface area contributed by atoms with Crippen LogP contribution in [-0.2, 0) is 23.4 Å². The van der Waals surface area contributed by atoms with Crippen molar-refractivity contribution >= 4 is 17.5 Å². The molecule has 0 fully saturated rings. The predicted octanol–water partition coefficient (Wildman–Crippen LogP) is 5.01. The number of hydrogen-bond acceptors (Lipinski definition) is 3. The lowest BCUT2D eigenvalue weighted by Gasteiger charge is -2.14. The molecule has 2 N–H and O–H groups in total. The average Bonchev–Trinajstić information content (AvgIpc) is 3.18. The number of nitrogens with zero attached hydrogens (tertiary/aromatic N) is 2. The van der Waals surface area contributed by atoms with Crippen LogP contribution in [0.4, 0.5) is 8.78 Å². The molecule has 1 amide bonds. The average molecular weight is 462 g/mol. The van der Waals surface area contributed by atoms with Gasteiger partial charge in [0.05, 0.1) is 41.2 Å². The minimum Gasteiger partial charge on any atom is -0.392 e. The van der Waals surface area contributed by atoms with Gasteiger partial charge in [-0.05, 0) is 42.8 Å². The maximum atomic E-state index is 14.0. The largest absolute Gasteiger partial charge is 0.392 e. The number of amides is 1. The fraction of sp³-hybridized carbons (Fsp3) is 0.333. The lowest BCUT2D eigenvalue weighted by atomic mass is 9.92. The topological polar surface area (TPSA) is 67.2 Å². The summed E-state index contributed by atoms with van der Waals surface area (Å²) in [6, 6.07) is 10.6. The van der Waals surface area contributed by atoms with E-state index in [1.165, 1.54) is 24.3 Å². The molecule has 2 aromatic carbocycles. The molecule has 0 saturated heterocycles. The molecule has 0 spiro atoms. The molecule has 0 aliphatic rings. The first-order valence-corrected chi connectivity index (χ1v) is 10.6. The summed E-state index contributed by atoms with van der Waals surface area (Å²) in [5.41, 5.74) is 2.51. The molecule has 0 bridgehead atoms. The highest BCUT2D eigenvalue weighted by Crippen LogP contribution is 2.26. The third-order valence-electron chi connectivity index (χ3n) is 5.28. The van der Waals surface area contributed by atoms with E-state index in [0.717, 1.165) is 5.69 Å². The number of hydrogen-bond donors (Lipinski definition) is 2. The molecule has 170 valence electrons. The number of benzene rings is 2. The maximum absolute atomic E-state index is 14.0. The van der Waals surface area contributed by atoms with Crippen molar-refractivity contribution in [3.8, 4) is 5.69 Å². The van der Waals surface area contributed by atoms with Gasteiger partial charge < -0.3 is 10.4 Å². The van der Waals surface area contributed by atoms with Crippen molar-refractivity contribution in [1.29, 1.82) is 0 Å². The summed E-state index contributed by atoms with van der Waals surface area (Å²) in [4.78, 5) is 12.7. The molecule has 1 unspecified atom stereocenters. The fourth-order valence-corrected chi connectivity index (χ4v) is 3.37. The number of nitrogens with one attached hydrogen (secondary N) is 1. The molecule has 0 aliphatic carbocycles. The van der Waals surface area contributed by atoms with Crippen LogP contribution in [0, 0.1) is 11.6 Å². The first-order chi connectivity index (χ1) is 15.0. The van der Waals surface area contributed by atoms with Gasteiger partial charge in [0.15, 0.2) is 0 Å². The van der Waals surface area contributed by atoms with Crippen LogP contribution in [0.5, 0.6) is 0 Å². The zero-order valence-electron chi connectivity index (χ0n) is 18.4. The molecule has 32 heavy (non-hydrogen) atoms. The Morgan fingerprint density at radius 3 is 2.47 bits per heavy atom. The smallest absolute Gasteiger partial charge is 0.227 e. The summed E-state index contributed by atoms with van der Waals surface area (Å²) in [6.45, 7) is 7.50. The van der Waals surface area contributed by atoms with Crippen molar-refractivity contribution in [1.82, 2.24) is 15.1 Å². The highest BCUT2D eigenvalue weighted by atomic mass is 35.5. The van der Waals surface area contributed by atoms with Crippen molar-refractivity contribution in [2.24, 2.45) is 0 Å². The number of rotatable bonds is 6. The fourth-order valence-electron chi connectivity index (χ4n) is 3.20. The van der Waals surface area contributed by atoms with E-state index >= 15 is 0 Å². The summed E-state index contributed by atoms with van der Waals surface area (Å²) in [7, 11) is 0. The van der Waals surface area contributed by atoms with Gasteiger partial charge in [-0.15, -0.1) is 0 Å². The number of carbonyl (C=O) groups excluding carboxylic acids is 1. The van der Waals surface area contributed by atoms with Gasteiger partial charge in [0.1, 0.15) is 11.6 Å². The van der Waals surface area contributed by atoms with Crippen LogP contribution in [0.3, 0.4) is 0 Å². The normalized spacial score (nSPS) is 12.6. The number of carbonyl (C=O) groups is 1. The second kappa shape index (κ2) is 9.38. The molecule has 0 aliphatic heterocycles. The minimum atomic E-state index is -0.601. The molecular weight excluding hydrogens is 436 g/mol. The zero-order valence-corrected chi connectivity index (χ0v) is 19.2. The number of halogens is 3. The summed E-state index contributed by atoms with van der Waals surface area (Å²) in [5, 5.41) is 16.6. The molecule has 5 nitrogen and oxygen atoms in total. The van der Waals surface area contributed by atoms with Crippen molar-refractivity contribution in [2.75, 3.05) is 0 Å². The molecular formula is C24H26ClF2N3O2. The number of aromatic nitrogens is 2. The van der Waals surface area contributed by atoms with Crippen LogP contribution in [0.25, 0.3) is 5.69 Å². The van der Waals surface area contributed by atoms with Crippen LogP contribution in [-0.4, -0.2) is 20.8 Å². The first-order valence-electron chi connectivity index (χ1n) is 10.2. The summed E-state index contributed by atoms with van der Waals surface area (Å²) >= 11 is 5.95. The quantitative estimate of drug-likeness (QED) is 0.542. The molecule has 3 rings (SSSR count). The van der Waals surface area contributed by atoms with E-state index in [0.29, 0.717) is 16.9 Å². The van der Waals surface area contributed by atoms with Crippen LogP contribution >= 0.6 is 11.6 Å². The van der Waals surface area contributed by atoms with Gasteiger partial charge in [-0.25, -0.2) is 13.5 Å².